The third-order valence-electron chi connectivity index (χ3n) is 3.37. The topological polar surface area (TPSA) is 61.4 Å². The zero-order valence-corrected chi connectivity index (χ0v) is 14.4. The van der Waals surface area contributed by atoms with E-state index in [0.717, 1.165) is 0 Å². The van der Waals surface area contributed by atoms with Crippen molar-refractivity contribution >= 4 is 45.7 Å². The van der Waals surface area contributed by atoms with Crippen LogP contribution >= 0.6 is 34.8 Å². The van der Waals surface area contributed by atoms with Gasteiger partial charge in [0.25, 0.3) is 0 Å². The molecule has 0 saturated heterocycles. The minimum absolute atomic E-state index is 0.105. The second kappa shape index (κ2) is 6.89. The van der Waals surface area contributed by atoms with Crippen LogP contribution in [-0.4, -0.2) is 11.2 Å². The third kappa shape index (κ3) is 3.15. The lowest BCUT2D eigenvalue weighted by Gasteiger charge is -2.12. The standard InChI is InChI=1S/C16H10Cl3NO4/c17-10-4-2-6-12(13(10)19)23-8-7-20-14-9(3-1-5-11(14)18)15(21)24-16(20)22/h1-6H,7-8H2. The highest BCUT2D eigenvalue weighted by Crippen LogP contribution is 2.31. The van der Waals surface area contributed by atoms with Crippen molar-refractivity contribution in [2.45, 2.75) is 6.54 Å². The van der Waals surface area contributed by atoms with Crippen LogP contribution in [0.25, 0.3) is 10.9 Å². The number of fused-ring (bicyclic) bond motifs is 1. The zero-order chi connectivity index (χ0) is 17.3. The SMILES string of the molecule is O=c1oc(=O)n(CCOc2cccc(Cl)c2Cl)c2c(Cl)cccc12. The van der Waals surface area contributed by atoms with E-state index in [0.29, 0.717) is 16.3 Å². The van der Waals surface area contributed by atoms with Crippen molar-refractivity contribution in [3.8, 4) is 5.75 Å². The number of rotatable bonds is 4. The summed E-state index contributed by atoms with van der Waals surface area (Å²) in [6.45, 7) is 0.222. The Morgan fingerprint density at radius 1 is 1.00 bits per heavy atom. The van der Waals surface area contributed by atoms with E-state index in [2.05, 4.69) is 0 Å². The number of hydrogen-bond donors (Lipinski definition) is 0. The van der Waals surface area contributed by atoms with Gasteiger partial charge < -0.3 is 9.15 Å². The molecular formula is C16H10Cl3NO4. The maximum Gasteiger partial charge on any atom is 0.422 e. The molecule has 8 heteroatoms. The van der Waals surface area contributed by atoms with Gasteiger partial charge in [0.05, 0.1) is 27.5 Å². The smallest absolute Gasteiger partial charge is 0.422 e. The summed E-state index contributed by atoms with van der Waals surface area (Å²) >= 11 is 18.1. The van der Waals surface area contributed by atoms with Gasteiger partial charge in [-0.15, -0.1) is 0 Å². The average Bonchev–Trinajstić information content (AvgIpc) is 2.55. The first-order valence-electron chi connectivity index (χ1n) is 6.88. The number of halogens is 3. The van der Waals surface area contributed by atoms with Crippen molar-refractivity contribution in [3.63, 3.8) is 0 Å². The maximum absolute atomic E-state index is 12.0. The number of aromatic nitrogens is 1. The Morgan fingerprint density at radius 3 is 2.50 bits per heavy atom. The molecule has 3 rings (SSSR count). The van der Waals surface area contributed by atoms with Crippen molar-refractivity contribution < 1.29 is 9.15 Å². The summed E-state index contributed by atoms with van der Waals surface area (Å²) < 4.78 is 11.5. The molecule has 1 aromatic heterocycles. The first-order valence-corrected chi connectivity index (χ1v) is 8.01. The van der Waals surface area contributed by atoms with Gasteiger partial charge in [0.1, 0.15) is 17.4 Å². The quantitative estimate of drug-likeness (QED) is 0.680. The van der Waals surface area contributed by atoms with Gasteiger partial charge in [-0.1, -0.05) is 46.9 Å². The number of hydrogen-bond acceptors (Lipinski definition) is 4. The monoisotopic (exact) mass is 385 g/mol. The van der Waals surface area contributed by atoms with Crippen molar-refractivity contribution in [1.29, 1.82) is 0 Å². The molecule has 0 N–H and O–H groups in total. The first kappa shape index (κ1) is 16.9. The Labute approximate surface area is 150 Å². The predicted molar refractivity (Wildman–Crippen MR) is 93.7 cm³/mol. The Morgan fingerprint density at radius 2 is 1.71 bits per heavy atom. The maximum atomic E-state index is 12.0. The van der Waals surface area contributed by atoms with E-state index >= 15 is 0 Å². The fraction of sp³-hybridized carbons (Fsp3) is 0.125. The predicted octanol–water partition coefficient (Wildman–Crippen LogP) is 3.99. The van der Waals surface area contributed by atoms with E-state index in [-0.39, 0.29) is 28.6 Å². The highest BCUT2D eigenvalue weighted by molar-refractivity contribution is 6.42. The van der Waals surface area contributed by atoms with Gasteiger partial charge in [0.15, 0.2) is 0 Å². The molecule has 0 unspecified atom stereocenters. The third-order valence-corrected chi connectivity index (χ3v) is 4.47. The van der Waals surface area contributed by atoms with Gasteiger partial charge in [-0.05, 0) is 24.3 Å². The number of benzene rings is 2. The molecule has 0 atom stereocenters. The van der Waals surface area contributed by atoms with E-state index in [1.807, 2.05) is 0 Å². The van der Waals surface area contributed by atoms with E-state index in [9.17, 15) is 9.59 Å². The fourth-order valence-corrected chi connectivity index (χ4v) is 2.90. The summed E-state index contributed by atoms with van der Waals surface area (Å²) in [6.07, 6.45) is 0. The summed E-state index contributed by atoms with van der Waals surface area (Å²) in [4.78, 5) is 23.8. The molecule has 1 heterocycles. The van der Waals surface area contributed by atoms with Gasteiger partial charge in [-0.2, -0.15) is 0 Å². The minimum atomic E-state index is -0.804. The second-order valence-electron chi connectivity index (χ2n) is 4.84. The molecule has 5 nitrogen and oxygen atoms in total. The Bertz CT molecular complexity index is 1030. The molecule has 0 radical (unpaired) electrons. The molecular weight excluding hydrogens is 377 g/mol. The lowest BCUT2D eigenvalue weighted by Crippen LogP contribution is -2.27. The van der Waals surface area contributed by atoms with Gasteiger partial charge in [-0.25, -0.2) is 9.59 Å². The molecule has 0 aliphatic heterocycles. The van der Waals surface area contributed by atoms with Crippen molar-refractivity contribution in [2.24, 2.45) is 0 Å². The van der Waals surface area contributed by atoms with Gasteiger partial charge >= 0.3 is 11.4 Å². The van der Waals surface area contributed by atoms with Crippen LogP contribution in [0.3, 0.4) is 0 Å². The van der Waals surface area contributed by atoms with Crippen LogP contribution < -0.4 is 16.1 Å². The molecule has 24 heavy (non-hydrogen) atoms. The molecule has 124 valence electrons. The van der Waals surface area contributed by atoms with Crippen LogP contribution in [0.15, 0.2) is 50.4 Å². The summed E-state index contributed by atoms with van der Waals surface area (Å²) in [7, 11) is 0. The van der Waals surface area contributed by atoms with Gasteiger partial charge in [-0.3, -0.25) is 4.57 Å². The number of para-hydroxylation sites is 1. The highest BCUT2D eigenvalue weighted by Gasteiger charge is 2.13. The first-order chi connectivity index (χ1) is 11.5. The number of ether oxygens (including phenoxy) is 1. The Hall–Kier alpha value is -1.95. The summed E-state index contributed by atoms with van der Waals surface area (Å²) in [5, 5.41) is 1.15. The molecule has 0 aliphatic rings. The van der Waals surface area contributed by atoms with Crippen molar-refractivity contribution in [3.05, 3.63) is 72.4 Å². The van der Waals surface area contributed by atoms with Crippen molar-refractivity contribution in [1.82, 2.24) is 4.57 Å². The lowest BCUT2D eigenvalue weighted by atomic mass is 10.2. The van der Waals surface area contributed by atoms with Crippen LogP contribution in [0.1, 0.15) is 0 Å². The Kier molecular flexibility index (Phi) is 4.85. The van der Waals surface area contributed by atoms with E-state index < -0.39 is 11.4 Å². The molecule has 0 aliphatic carbocycles. The molecule has 3 aromatic rings. The van der Waals surface area contributed by atoms with Crippen LogP contribution in [-0.2, 0) is 6.54 Å². The van der Waals surface area contributed by atoms with Crippen LogP contribution in [0, 0.1) is 0 Å². The highest BCUT2D eigenvalue weighted by atomic mass is 35.5. The fourth-order valence-electron chi connectivity index (χ4n) is 2.28. The van der Waals surface area contributed by atoms with Crippen LogP contribution in [0.5, 0.6) is 5.75 Å². The summed E-state index contributed by atoms with van der Waals surface area (Å²) in [5.74, 6) is -0.411. The van der Waals surface area contributed by atoms with Gasteiger partial charge in [0.2, 0.25) is 0 Å². The van der Waals surface area contributed by atoms with Crippen LogP contribution in [0.4, 0.5) is 0 Å². The second-order valence-corrected chi connectivity index (χ2v) is 6.04. The zero-order valence-electron chi connectivity index (χ0n) is 12.1. The number of nitrogens with zero attached hydrogens (tertiary/aromatic N) is 1. The molecule has 0 saturated carbocycles. The van der Waals surface area contributed by atoms with E-state index in [4.69, 9.17) is 44.0 Å². The molecule has 2 aromatic carbocycles. The minimum Gasteiger partial charge on any atom is -0.490 e. The summed E-state index contributed by atoms with van der Waals surface area (Å²) in [6, 6.07) is 9.74. The molecule has 0 spiro atoms. The van der Waals surface area contributed by atoms with E-state index in [1.54, 1.807) is 30.3 Å². The largest absolute Gasteiger partial charge is 0.490 e. The Balaban J connectivity index is 1.92. The van der Waals surface area contributed by atoms with Crippen LogP contribution in [0.2, 0.25) is 15.1 Å². The molecule has 0 amide bonds. The van der Waals surface area contributed by atoms with E-state index in [1.165, 1.54) is 10.6 Å². The lowest BCUT2D eigenvalue weighted by molar-refractivity contribution is 0.287. The van der Waals surface area contributed by atoms with Crippen molar-refractivity contribution in [2.75, 3.05) is 6.61 Å². The van der Waals surface area contributed by atoms with Gasteiger partial charge in [0, 0.05) is 0 Å². The average molecular weight is 387 g/mol. The normalized spacial score (nSPS) is 11.0. The summed E-state index contributed by atoms with van der Waals surface area (Å²) in [5.41, 5.74) is -0.422. The molecule has 0 fully saturated rings. The molecule has 0 bridgehead atoms.